The molecule has 2 aromatic heterocycles. The van der Waals surface area contributed by atoms with E-state index in [-0.39, 0.29) is 28.6 Å². The van der Waals surface area contributed by atoms with Crippen LogP contribution in [0.15, 0.2) is 80.9 Å². The van der Waals surface area contributed by atoms with Gasteiger partial charge in [-0.25, -0.2) is 17.8 Å². The maximum Gasteiger partial charge on any atom is 0.276 e. The number of anilines is 2. The zero-order valence-electron chi connectivity index (χ0n) is 18.3. The second-order valence-corrected chi connectivity index (χ2v) is 9.19. The van der Waals surface area contributed by atoms with Crippen LogP contribution >= 0.6 is 0 Å². The number of hydrogen-bond donors (Lipinski definition) is 2. The van der Waals surface area contributed by atoms with Crippen LogP contribution in [0.2, 0.25) is 0 Å². The van der Waals surface area contributed by atoms with Gasteiger partial charge in [0, 0.05) is 17.3 Å². The van der Waals surface area contributed by atoms with E-state index in [1.807, 2.05) is 30.3 Å². The van der Waals surface area contributed by atoms with Crippen molar-refractivity contribution in [3.63, 3.8) is 0 Å². The highest BCUT2D eigenvalue weighted by atomic mass is 32.2. The topological polar surface area (TPSA) is 136 Å². The fourth-order valence-electron chi connectivity index (χ4n) is 3.04. The lowest BCUT2D eigenvalue weighted by atomic mass is 10.2. The van der Waals surface area contributed by atoms with E-state index >= 15 is 0 Å². The molecule has 4 aromatic rings. The molecule has 0 saturated heterocycles. The van der Waals surface area contributed by atoms with Crippen LogP contribution in [0.3, 0.4) is 0 Å². The number of nitrogens with zero attached hydrogens (tertiary/aromatic N) is 3. The molecule has 0 unspecified atom stereocenters. The van der Waals surface area contributed by atoms with Crippen molar-refractivity contribution in [3.8, 4) is 0 Å². The summed E-state index contributed by atoms with van der Waals surface area (Å²) in [5.41, 5.74) is 2.12. The third-order valence-electron chi connectivity index (χ3n) is 5.08. The number of nitrogens with one attached hydrogen (secondary N) is 2. The van der Waals surface area contributed by atoms with Crippen LogP contribution in [-0.4, -0.2) is 29.3 Å². The Morgan fingerprint density at radius 2 is 1.71 bits per heavy atom. The lowest BCUT2D eigenvalue weighted by Gasteiger charge is -2.09. The molecule has 2 heterocycles. The van der Waals surface area contributed by atoms with Gasteiger partial charge >= 0.3 is 0 Å². The minimum Gasteiger partial charge on any atom is -0.337 e. The van der Waals surface area contributed by atoms with Gasteiger partial charge in [-0.1, -0.05) is 35.5 Å². The number of aryl methyl sites for hydroxylation is 1. The van der Waals surface area contributed by atoms with Gasteiger partial charge in [0.25, 0.3) is 21.5 Å². The van der Waals surface area contributed by atoms with Crippen LogP contribution in [0.4, 0.5) is 11.6 Å². The third kappa shape index (κ3) is 5.04. The molecule has 0 spiro atoms. The first-order chi connectivity index (χ1) is 16.2. The summed E-state index contributed by atoms with van der Waals surface area (Å²) in [7, 11) is -3.91. The summed E-state index contributed by atoms with van der Waals surface area (Å²) in [4.78, 5) is 24.8. The molecule has 0 fully saturated rings. The molecule has 34 heavy (non-hydrogen) atoms. The minimum atomic E-state index is -3.91. The molecule has 11 heteroatoms. The summed E-state index contributed by atoms with van der Waals surface area (Å²) in [6, 6.07) is 17.5. The SMILES string of the molecule is Cc1noc(NS(=O)(=O)c2ccc(NC(=O)c3ccc(=O)n(Cc4ccccc4)n3)cc2)c1C. The summed E-state index contributed by atoms with van der Waals surface area (Å²) < 4.78 is 33.8. The molecule has 0 aliphatic rings. The monoisotopic (exact) mass is 479 g/mol. The molecule has 2 N–H and O–H groups in total. The summed E-state index contributed by atoms with van der Waals surface area (Å²) in [5.74, 6) is -0.491. The van der Waals surface area contributed by atoms with Crippen LogP contribution in [0.5, 0.6) is 0 Å². The van der Waals surface area contributed by atoms with E-state index in [2.05, 4.69) is 20.3 Å². The van der Waals surface area contributed by atoms with Gasteiger partial charge in [-0.15, -0.1) is 0 Å². The highest BCUT2D eigenvalue weighted by Gasteiger charge is 2.19. The molecule has 174 valence electrons. The first kappa shape index (κ1) is 22.9. The van der Waals surface area contributed by atoms with Gasteiger partial charge < -0.3 is 9.84 Å². The van der Waals surface area contributed by atoms with Crippen LogP contribution in [0.1, 0.15) is 27.3 Å². The van der Waals surface area contributed by atoms with Gasteiger partial charge in [0.15, 0.2) is 0 Å². The Bertz CT molecular complexity index is 1490. The maximum absolute atomic E-state index is 12.7. The fourth-order valence-corrected chi connectivity index (χ4v) is 4.09. The van der Waals surface area contributed by atoms with E-state index in [0.29, 0.717) is 16.9 Å². The highest BCUT2D eigenvalue weighted by Crippen LogP contribution is 2.22. The smallest absolute Gasteiger partial charge is 0.276 e. The molecule has 0 atom stereocenters. The molecule has 1 amide bonds. The number of carbonyl (C=O) groups is 1. The summed E-state index contributed by atoms with van der Waals surface area (Å²) in [5, 5.41) is 10.5. The zero-order valence-corrected chi connectivity index (χ0v) is 19.2. The van der Waals surface area contributed by atoms with Crippen LogP contribution in [0.25, 0.3) is 0 Å². The number of benzene rings is 2. The second kappa shape index (κ2) is 9.32. The number of sulfonamides is 1. The average Bonchev–Trinajstić information content (AvgIpc) is 3.13. The van der Waals surface area contributed by atoms with E-state index in [1.165, 1.54) is 41.1 Å². The Balaban J connectivity index is 1.47. The fraction of sp³-hybridized carbons (Fsp3) is 0.130. The Labute approximate surface area is 195 Å². The molecule has 0 aliphatic carbocycles. The Hall–Kier alpha value is -4.25. The molecular weight excluding hydrogens is 458 g/mol. The number of carbonyl (C=O) groups excluding carboxylic acids is 1. The lowest BCUT2D eigenvalue weighted by Crippen LogP contribution is -2.26. The largest absolute Gasteiger partial charge is 0.337 e. The van der Waals surface area contributed by atoms with Crippen molar-refractivity contribution in [2.45, 2.75) is 25.3 Å². The molecule has 0 aliphatic heterocycles. The van der Waals surface area contributed by atoms with Crippen LogP contribution in [0, 0.1) is 13.8 Å². The van der Waals surface area contributed by atoms with Gasteiger partial charge in [0.1, 0.15) is 5.69 Å². The van der Waals surface area contributed by atoms with Crippen molar-refractivity contribution in [1.82, 2.24) is 14.9 Å². The molecule has 0 saturated carbocycles. The first-order valence-corrected chi connectivity index (χ1v) is 11.7. The minimum absolute atomic E-state index is 0.0199. The van der Waals surface area contributed by atoms with Crippen molar-refractivity contribution in [2.75, 3.05) is 10.0 Å². The number of hydrogen-bond acceptors (Lipinski definition) is 7. The molecular formula is C23H21N5O5S. The molecule has 4 rings (SSSR count). The van der Waals surface area contributed by atoms with Crippen LogP contribution < -0.4 is 15.6 Å². The Morgan fingerprint density at radius 3 is 2.35 bits per heavy atom. The predicted molar refractivity (Wildman–Crippen MR) is 125 cm³/mol. The summed E-state index contributed by atoms with van der Waals surface area (Å²) >= 11 is 0. The summed E-state index contributed by atoms with van der Waals surface area (Å²) in [6.45, 7) is 3.63. The van der Waals surface area contributed by atoms with E-state index in [1.54, 1.807) is 13.8 Å². The second-order valence-electron chi connectivity index (χ2n) is 7.51. The van der Waals surface area contributed by atoms with E-state index in [0.717, 1.165) is 5.56 Å². The van der Waals surface area contributed by atoms with Crippen molar-refractivity contribution >= 4 is 27.5 Å². The average molecular weight is 480 g/mol. The summed E-state index contributed by atoms with van der Waals surface area (Å²) in [6.07, 6.45) is 0. The zero-order chi connectivity index (χ0) is 24.3. The van der Waals surface area contributed by atoms with Gasteiger partial charge in [0.2, 0.25) is 5.88 Å². The van der Waals surface area contributed by atoms with Crippen LogP contribution in [-0.2, 0) is 16.6 Å². The van der Waals surface area contributed by atoms with Crippen molar-refractivity contribution in [3.05, 3.63) is 99.6 Å². The predicted octanol–water partition coefficient (Wildman–Crippen LogP) is 2.95. The van der Waals surface area contributed by atoms with Gasteiger partial charge in [-0.05, 0) is 49.7 Å². The molecule has 0 radical (unpaired) electrons. The number of amides is 1. The van der Waals surface area contributed by atoms with Gasteiger partial charge in [-0.3, -0.25) is 9.59 Å². The van der Waals surface area contributed by atoms with E-state index in [9.17, 15) is 18.0 Å². The number of rotatable bonds is 7. The highest BCUT2D eigenvalue weighted by molar-refractivity contribution is 7.92. The quantitative estimate of drug-likeness (QED) is 0.416. The third-order valence-corrected chi connectivity index (χ3v) is 6.43. The first-order valence-electron chi connectivity index (χ1n) is 10.2. The molecule has 2 aromatic carbocycles. The van der Waals surface area contributed by atoms with Crippen molar-refractivity contribution in [2.24, 2.45) is 0 Å². The normalized spacial score (nSPS) is 11.2. The van der Waals surface area contributed by atoms with E-state index < -0.39 is 15.9 Å². The Kier molecular flexibility index (Phi) is 6.28. The van der Waals surface area contributed by atoms with Crippen molar-refractivity contribution < 1.29 is 17.7 Å². The van der Waals surface area contributed by atoms with Gasteiger partial charge in [0.05, 0.1) is 17.1 Å². The van der Waals surface area contributed by atoms with Crippen molar-refractivity contribution in [1.29, 1.82) is 0 Å². The lowest BCUT2D eigenvalue weighted by molar-refractivity contribution is 0.102. The van der Waals surface area contributed by atoms with Gasteiger partial charge in [-0.2, -0.15) is 5.10 Å². The number of aromatic nitrogens is 3. The maximum atomic E-state index is 12.7. The molecule has 0 bridgehead atoms. The molecule has 10 nitrogen and oxygen atoms in total. The van der Waals surface area contributed by atoms with E-state index in [4.69, 9.17) is 4.52 Å². The Morgan fingerprint density at radius 1 is 1.00 bits per heavy atom. The standard InChI is InChI=1S/C23H21N5O5S/c1-15-16(2)26-33-23(15)27-34(31,32)19-10-8-18(9-11-19)24-22(30)20-12-13-21(29)28(25-20)14-17-6-4-3-5-7-17/h3-13,27H,14H2,1-2H3,(H,24,30).